The first-order chi connectivity index (χ1) is 10.3. The van der Waals surface area contributed by atoms with Crippen molar-refractivity contribution in [2.45, 2.75) is 6.92 Å². The quantitative estimate of drug-likeness (QED) is 0.556. The zero-order valence-electron chi connectivity index (χ0n) is 11.1. The van der Waals surface area contributed by atoms with Gasteiger partial charge in [0.1, 0.15) is 5.69 Å². The van der Waals surface area contributed by atoms with Crippen molar-refractivity contribution in [2.24, 2.45) is 0 Å². The summed E-state index contributed by atoms with van der Waals surface area (Å²) < 4.78 is 41.1. The molecule has 2 amide bonds. The van der Waals surface area contributed by atoms with Crippen LogP contribution in [-0.2, 0) is 0 Å². The molecular formula is C14H9Cl2F3N2O. The molecule has 0 aliphatic heterocycles. The lowest BCUT2D eigenvalue weighted by Gasteiger charge is -2.12. The lowest BCUT2D eigenvalue weighted by Crippen LogP contribution is -2.21. The van der Waals surface area contributed by atoms with E-state index in [0.717, 1.165) is 0 Å². The molecule has 2 rings (SSSR count). The van der Waals surface area contributed by atoms with Crippen LogP contribution < -0.4 is 10.6 Å². The molecule has 0 spiro atoms. The molecule has 22 heavy (non-hydrogen) atoms. The Hall–Kier alpha value is -1.92. The minimum atomic E-state index is -1.57. The van der Waals surface area contributed by atoms with Crippen molar-refractivity contribution in [3.05, 3.63) is 57.3 Å². The van der Waals surface area contributed by atoms with Gasteiger partial charge in [0.15, 0.2) is 17.5 Å². The maximum atomic E-state index is 13.9. The van der Waals surface area contributed by atoms with Crippen molar-refractivity contribution in [2.75, 3.05) is 10.6 Å². The maximum Gasteiger partial charge on any atom is 0.323 e. The van der Waals surface area contributed by atoms with Crippen LogP contribution in [-0.4, -0.2) is 6.03 Å². The molecule has 2 N–H and O–H groups in total. The molecule has 0 bridgehead atoms. The highest BCUT2D eigenvalue weighted by Gasteiger charge is 2.23. The van der Waals surface area contributed by atoms with E-state index in [2.05, 4.69) is 5.32 Å². The fourth-order valence-electron chi connectivity index (χ4n) is 1.67. The number of benzene rings is 2. The van der Waals surface area contributed by atoms with Crippen LogP contribution in [0.4, 0.5) is 29.3 Å². The van der Waals surface area contributed by atoms with Crippen LogP contribution in [0.15, 0.2) is 24.3 Å². The lowest BCUT2D eigenvalue weighted by atomic mass is 10.2. The van der Waals surface area contributed by atoms with Gasteiger partial charge in [-0.3, -0.25) is 0 Å². The summed E-state index contributed by atoms with van der Waals surface area (Å²) in [5, 5.41) is 4.04. The van der Waals surface area contributed by atoms with E-state index in [4.69, 9.17) is 23.2 Å². The fourth-order valence-corrected chi connectivity index (χ4v) is 1.96. The summed E-state index contributed by atoms with van der Waals surface area (Å²) in [6.45, 7) is 1.17. The molecule has 0 heterocycles. The van der Waals surface area contributed by atoms with E-state index in [0.29, 0.717) is 10.7 Å². The highest BCUT2D eigenvalue weighted by atomic mass is 35.5. The molecule has 0 saturated heterocycles. The van der Waals surface area contributed by atoms with Gasteiger partial charge in [0.25, 0.3) is 0 Å². The average molecular weight is 349 g/mol. The Morgan fingerprint density at radius 1 is 0.955 bits per heavy atom. The molecule has 3 nitrogen and oxygen atoms in total. The normalized spacial score (nSPS) is 10.5. The molecule has 0 fully saturated rings. The van der Waals surface area contributed by atoms with Crippen LogP contribution in [0.5, 0.6) is 0 Å². The fraction of sp³-hybridized carbons (Fsp3) is 0.0714. The lowest BCUT2D eigenvalue weighted by molar-refractivity contribution is 0.262. The summed E-state index contributed by atoms with van der Waals surface area (Å²) in [5.74, 6) is -4.14. The van der Waals surface area contributed by atoms with E-state index in [1.165, 1.54) is 31.2 Å². The number of urea groups is 1. The minimum absolute atomic E-state index is 0.303. The van der Waals surface area contributed by atoms with Crippen molar-refractivity contribution >= 4 is 40.6 Å². The number of carbonyl (C=O) groups is 1. The highest BCUT2D eigenvalue weighted by Crippen LogP contribution is 2.31. The first-order valence-electron chi connectivity index (χ1n) is 5.97. The van der Waals surface area contributed by atoms with Gasteiger partial charge in [-0.1, -0.05) is 23.2 Å². The van der Waals surface area contributed by atoms with Gasteiger partial charge in [-0.15, -0.1) is 0 Å². The highest BCUT2D eigenvalue weighted by molar-refractivity contribution is 6.31. The molecular weight excluding hydrogens is 340 g/mol. The van der Waals surface area contributed by atoms with E-state index in [1.54, 1.807) is 0 Å². The Bertz CT molecular complexity index is 707. The van der Waals surface area contributed by atoms with Crippen molar-refractivity contribution in [3.63, 3.8) is 0 Å². The average Bonchev–Trinajstić information content (AvgIpc) is 2.50. The third kappa shape index (κ3) is 3.28. The monoisotopic (exact) mass is 348 g/mol. The standard InChI is InChI=1S/C14H9Cl2F3N2O/c1-6-9(16)11(18)12(19)13(10(6)17)21-14(22)20-8-4-2-7(15)3-5-8/h2-5H,1H3,(H2,20,21,22). The summed E-state index contributed by atoms with van der Waals surface area (Å²) in [7, 11) is 0. The SMILES string of the molecule is Cc1c(F)c(NC(=O)Nc2ccc(Cl)cc2)c(F)c(F)c1Cl. The third-order valence-electron chi connectivity index (χ3n) is 2.82. The topological polar surface area (TPSA) is 41.1 Å². The Balaban J connectivity index is 2.24. The maximum absolute atomic E-state index is 13.9. The van der Waals surface area contributed by atoms with Crippen LogP contribution in [0.3, 0.4) is 0 Å². The van der Waals surface area contributed by atoms with Gasteiger partial charge in [-0.05, 0) is 31.2 Å². The van der Waals surface area contributed by atoms with Gasteiger partial charge in [0.2, 0.25) is 0 Å². The van der Waals surface area contributed by atoms with Crippen LogP contribution in [0, 0.1) is 24.4 Å². The smallest absolute Gasteiger partial charge is 0.308 e. The van der Waals surface area contributed by atoms with Gasteiger partial charge in [-0.2, -0.15) is 0 Å². The molecule has 0 saturated carbocycles. The van der Waals surface area contributed by atoms with Crippen molar-refractivity contribution in [1.82, 2.24) is 0 Å². The second-order valence-electron chi connectivity index (χ2n) is 4.34. The molecule has 2 aromatic carbocycles. The zero-order chi connectivity index (χ0) is 16.4. The number of halogens is 5. The second kappa shape index (κ2) is 6.46. The van der Waals surface area contributed by atoms with Crippen molar-refractivity contribution in [3.8, 4) is 0 Å². The first kappa shape index (κ1) is 16.5. The predicted octanol–water partition coefficient (Wildman–Crippen LogP) is 5.36. The largest absolute Gasteiger partial charge is 0.323 e. The van der Waals surface area contributed by atoms with Gasteiger partial charge < -0.3 is 10.6 Å². The first-order valence-corrected chi connectivity index (χ1v) is 6.73. The second-order valence-corrected chi connectivity index (χ2v) is 5.16. The molecule has 0 radical (unpaired) electrons. The van der Waals surface area contributed by atoms with Gasteiger partial charge >= 0.3 is 6.03 Å². The van der Waals surface area contributed by atoms with Crippen LogP contribution >= 0.6 is 23.2 Å². The van der Waals surface area contributed by atoms with Crippen LogP contribution in [0.2, 0.25) is 10.0 Å². The molecule has 116 valence electrons. The molecule has 0 aliphatic carbocycles. The molecule has 0 aliphatic rings. The number of nitrogens with one attached hydrogen (secondary N) is 2. The van der Waals surface area contributed by atoms with Crippen LogP contribution in [0.25, 0.3) is 0 Å². The van der Waals surface area contributed by atoms with Gasteiger partial charge in [-0.25, -0.2) is 18.0 Å². The number of hydrogen-bond acceptors (Lipinski definition) is 1. The molecule has 0 aromatic heterocycles. The molecule has 0 unspecified atom stereocenters. The van der Waals surface area contributed by atoms with E-state index in [9.17, 15) is 18.0 Å². The van der Waals surface area contributed by atoms with Crippen molar-refractivity contribution < 1.29 is 18.0 Å². The van der Waals surface area contributed by atoms with Crippen LogP contribution in [0.1, 0.15) is 5.56 Å². The summed E-state index contributed by atoms with van der Waals surface area (Å²) in [5.41, 5.74) is -0.873. The number of anilines is 2. The summed E-state index contributed by atoms with van der Waals surface area (Å²) in [6, 6.07) is 5.07. The number of carbonyl (C=O) groups excluding carboxylic acids is 1. The molecule has 2 aromatic rings. The predicted molar refractivity (Wildman–Crippen MR) is 80.2 cm³/mol. The molecule has 0 atom stereocenters. The van der Waals surface area contributed by atoms with Gasteiger partial charge in [0, 0.05) is 16.3 Å². The summed E-state index contributed by atoms with van der Waals surface area (Å²) in [6.07, 6.45) is 0. The van der Waals surface area contributed by atoms with E-state index in [1.807, 2.05) is 5.32 Å². The number of amides is 2. The Morgan fingerprint density at radius 3 is 2.14 bits per heavy atom. The Kier molecular flexibility index (Phi) is 4.83. The zero-order valence-corrected chi connectivity index (χ0v) is 12.6. The van der Waals surface area contributed by atoms with Crippen molar-refractivity contribution in [1.29, 1.82) is 0 Å². The number of hydrogen-bond donors (Lipinski definition) is 2. The molecule has 8 heteroatoms. The van der Waals surface area contributed by atoms with E-state index >= 15 is 0 Å². The Morgan fingerprint density at radius 2 is 1.55 bits per heavy atom. The summed E-state index contributed by atoms with van der Waals surface area (Å²) >= 11 is 11.1. The number of rotatable bonds is 2. The minimum Gasteiger partial charge on any atom is -0.308 e. The Labute approximate surface area is 134 Å². The van der Waals surface area contributed by atoms with Gasteiger partial charge in [0.05, 0.1) is 5.02 Å². The van der Waals surface area contributed by atoms with E-state index in [-0.39, 0.29) is 5.56 Å². The third-order valence-corrected chi connectivity index (χ3v) is 3.52. The van der Waals surface area contributed by atoms with E-state index < -0.39 is 34.2 Å². The summed E-state index contributed by atoms with van der Waals surface area (Å²) in [4.78, 5) is 11.7.